The molecule has 1 heterocycles. The summed E-state index contributed by atoms with van der Waals surface area (Å²) in [5.41, 5.74) is 1.14. The van der Waals surface area contributed by atoms with E-state index >= 15 is 0 Å². The number of anilines is 1. The van der Waals surface area contributed by atoms with Gasteiger partial charge in [0.1, 0.15) is 5.82 Å². The molecular formula is C15H21FN2. The van der Waals surface area contributed by atoms with E-state index in [0.29, 0.717) is 12.0 Å². The van der Waals surface area contributed by atoms with Gasteiger partial charge >= 0.3 is 0 Å². The van der Waals surface area contributed by atoms with Crippen LogP contribution in [0.15, 0.2) is 24.3 Å². The molecule has 1 saturated heterocycles. The quantitative estimate of drug-likeness (QED) is 0.885. The van der Waals surface area contributed by atoms with E-state index in [0.717, 1.165) is 24.8 Å². The Balaban J connectivity index is 1.68. The third-order valence-electron chi connectivity index (χ3n) is 3.90. The molecule has 98 valence electrons. The molecule has 1 aliphatic carbocycles. The van der Waals surface area contributed by atoms with Gasteiger partial charge in [0.05, 0.1) is 0 Å². The van der Waals surface area contributed by atoms with Gasteiger partial charge in [-0.1, -0.05) is 6.92 Å². The standard InChI is InChI=1S/C15H21FN2/c1-11-8-14(17-13-4-5-13)10-18(9-11)15-6-2-12(16)3-7-15/h2-3,6-7,11,13-14,17H,4-5,8-10H2,1H3. The number of piperidine rings is 1. The van der Waals surface area contributed by atoms with Gasteiger partial charge < -0.3 is 10.2 Å². The largest absolute Gasteiger partial charge is 0.370 e. The summed E-state index contributed by atoms with van der Waals surface area (Å²) in [6, 6.07) is 8.24. The van der Waals surface area contributed by atoms with Crippen LogP contribution in [0.25, 0.3) is 0 Å². The van der Waals surface area contributed by atoms with Gasteiger partial charge in [-0.25, -0.2) is 4.39 Å². The van der Waals surface area contributed by atoms with Crippen molar-refractivity contribution < 1.29 is 4.39 Å². The summed E-state index contributed by atoms with van der Waals surface area (Å²) < 4.78 is 13.0. The molecule has 0 radical (unpaired) electrons. The van der Waals surface area contributed by atoms with Gasteiger partial charge in [-0.2, -0.15) is 0 Å². The van der Waals surface area contributed by atoms with Crippen LogP contribution in [0, 0.1) is 11.7 Å². The van der Waals surface area contributed by atoms with Crippen molar-refractivity contribution in [2.45, 2.75) is 38.3 Å². The van der Waals surface area contributed by atoms with Crippen molar-refractivity contribution in [3.05, 3.63) is 30.1 Å². The van der Waals surface area contributed by atoms with E-state index in [1.165, 1.54) is 19.3 Å². The SMILES string of the molecule is CC1CC(NC2CC2)CN(c2ccc(F)cc2)C1. The highest BCUT2D eigenvalue weighted by Crippen LogP contribution is 2.26. The Morgan fingerprint density at radius 1 is 1.11 bits per heavy atom. The van der Waals surface area contributed by atoms with Crippen LogP contribution in [0.2, 0.25) is 0 Å². The highest BCUT2D eigenvalue weighted by atomic mass is 19.1. The van der Waals surface area contributed by atoms with E-state index in [9.17, 15) is 4.39 Å². The van der Waals surface area contributed by atoms with E-state index in [1.54, 1.807) is 12.1 Å². The van der Waals surface area contributed by atoms with Crippen molar-refractivity contribution in [3.8, 4) is 0 Å². The normalized spacial score (nSPS) is 28.4. The summed E-state index contributed by atoms with van der Waals surface area (Å²) in [6.45, 7) is 4.43. The van der Waals surface area contributed by atoms with Gasteiger partial charge in [0.25, 0.3) is 0 Å². The average Bonchev–Trinajstić information content (AvgIpc) is 3.13. The lowest BCUT2D eigenvalue weighted by Crippen LogP contribution is -2.49. The first-order valence-corrected chi connectivity index (χ1v) is 6.97. The Morgan fingerprint density at radius 3 is 2.50 bits per heavy atom. The third-order valence-corrected chi connectivity index (χ3v) is 3.90. The maximum atomic E-state index is 13.0. The predicted octanol–water partition coefficient (Wildman–Crippen LogP) is 2.79. The lowest BCUT2D eigenvalue weighted by Gasteiger charge is -2.38. The average molecular weight is 248 g/mol. The number of nitrogens with one attached hydrogen (secondary N) is 1. The van der Waals surface area contributed by atoms with Crippen LogP contribution >= 0.6 is 0 Å². The molecule has 18 heavy (non-hydrogen) atoms. The van der Waals surface area contributed by atoms with Crippen LogP contribution in [-0.2, 0) is 0 Å². The molecule has 1 N–H and O–H groups in total. The number of rotatable bonds is 3. The fourth-order valence-electron chi connectivity index (χ4n) is 2.92. The molecule has 2 nitrogen and oxygen atoms in total. The Hall–Kier alpha value is -1.09. The molecule has 3 heteroatoms. The van der Waals surface area contributed by atoms with Crippen molar-refractivity contribution in [1.29, 1.82) is 0 Å². The highest BCUT2D eigenvalue weighted by Gasteiger charge is 2.30. The molecule has 3 rings (SSSR count). The van der Waals surface area contributed by atoms with Gasteiger partial charge in [-0.05, 0) is 49.4 Å². The minimum absolute atomic E-state index is 0.156. The summed E-state index contributed by atoms with van der Waals surface area (Å²) in [7, 11) is 0. The van der Waals surface area contributed by atoms with Crippen LogP contribution in [0.3, 0.4) is 0 Å². The topological polar surface area (TPSA) is 15.3 Å². The van der Waals surface area contributed by atoms with Gasteiger partial charge in [-0.3, -0.25) is 0 Å². The minimum Gasteiger partial charge on any atom is -0.370 e. The molecule has 1 aliphatic heterocycles. The molecule has 1 aromatic carbocycles. The second-order valence-electron chi connectivity index (χ2n) is 5.86. The number of halogens is 1. The summed E-state index contributed by atoms with van der Waals surface area (Å²) >= 11 is 0. The van der Waals surface area contributed by atoms with Crippen LogP contribution in [0.4, 0.5) is 10.1 Å². The molecule has 0 spiro atoms. The molecule has 2 unspecified atom stereocenters. The van der Waals surface area contributed by atoms with Gasteiger partial charge in [0, 0.05) is 30.9 Å². The van der Waals surface area contributed by atoms with Gasteiger partial charge in [-0.15, -0.1) is 0 Å². The second kappa shape index (κ2) is 4.88. The summed E-state index contributed by atoms with van der Waals surface area (Å²) in [4.78, 5) is 2.38. The molecular weight excluding hydrogens is 227 g/mol. The number of nitrogens with zero attached hydrogens (tertiary/aromatic N) is 1. The molecule has 1 saturated carbocycles. The van der Waals surface area contributed by atoms with E-state index < -0.39 is 0 Å². The first kappa shape index (κ1) is 12.0. The molecule has 0 amide bonds. The smallest absolute Gasteiger partial charge is 0.123 e. The van der Waals surface area contributed by atoms with Crippen LogP contribution in [-0.4, -0.2) is 25.2 Å². The number of hydrogen-bond donors (Lipinski definition) is 1. The first-order valence-electron chi connectivity index (χ1n) is 6.97. The Kier molecular flexibility index (Phi) is 3.25. The van der Waals surface area contributed by atoms with Gasteiger partial charge in [0.2, 0.25) is 0 Å². The third kappa shape index (κ3) is 2.83. The highest BCUT2D eigenvalue weighted by molar-refractivity contribution is 5.47. The zero-order valence-electron chi connectivity index (χ0n) is 10.9. The molecule has 0 bridgehead atoms. The fraction of sp³-hybridized carbons (Fsp3) is 0.600. The van der Waals surface area contributed by atoms with Crippen molar-refractivity contribution >= 4 is 5.69 Å². The predicted molar refractivity (Wildman–Crippen MR) is 72.3 cm³/mol. The molecule has 0 aromatic heterocycles. The Morgan fingerprint density at radius 2 is 1.83 bits per heavy atom. The lowest BCUT2D eigenvalue weighted by molar-refractivity contribution is 0.349. The zero-order valence-corrected chi connectivity index (χ0v) is 10.9. The second-order valence-corrected chi connectivity index (χ2v) is 5.86. The lowest BCUT2D eigenvalue weighted by atomic mass is 9.95. The van der Waals surface area contributed by atoms with E-state index in [4.69, 9.17) is 0 Å². The van der Waals surface area contributed by atoms with Crippen LogP contribution < -0.4 is 10.2 Å². The molecule has 1 aromatic rings. The van der Waals surface area contributed by atoms with Crippen LogP contribution in [0.5, 0.6) is 0 Å². The van der Waals surface area contributed by atoms with E-state index in [-0.39, 0.29) is 5.82 Å². The minimum atomic E-state index is -0.156. The van der Waals surface area contributed by atoms with Gasteiger partial charge in [0.15, 0.2) is 0 Å². The van der Waals surface area contributed by atoms with Crippen molar-refractivity contribution in [3.63, 3.8) is 0 Å². The Bertz CT molecular complexity index is 397. The van der Waals surface area contributed by atoms with E-state index in [1.807, 2.05) is 12.1 Å². The molecule has 2 aliphatic rings. The van der Waals surface area contributed by atoms with Crippen molar-refractivity contribution in [2.75, 3.05) is 18.0 Å². The van der Waals surface area contributed by atoms with Crippen LogP contribution in [0.1, 0.15) is 26.2 Å². The maximum absolute atomic E-state index is 13.0. The summed E-state index contributed by atoms with van der Waals surface area (Å²) in [5, 5.41) is 3.72. The fourth-order valence-corrected chi connectivity index (χ4v) is 2.92. The van der Waals surface area contributed by atoms with E-state index in [2.05, 4.69) is 17.1 Å². The van der Waals surface area contributed by atoms with Crippen molar-refractivity contribution in [2.24, 2.45) is 5.92 Å². The summed E-state index contributed by atoms with van der Waals surface area (Å²) in [5.74, 6) is 0.538. The molecule has 2 fully saturated rings. The summed E-state index contributed by atoms with van der Waals surface area (Å²) in [6.07, 6.45) is 3.93. The molecule has 2 atom stereocenters. The zero-order chi connectivity index (χ0) is 12.5. The number of hydrogen-bond acceptors (Lipinski definition) is 2. The Labute approximate surface area is 108 Å². The monoisotopic (exact) mass is 248 g/mol. The first-order chi connectivity index (χ1) is 8.70. The van der Waals surface area contributed by atoms with Crippen molar-refractivity contribution in [1.82, 2.24) is 5.32 Å². The number of benzene rings is 1. The maximum Gasteiger partial charge on any atom is 0.123 e.